The zero-order valence-electron chi connectivity index (χ0n) is 17.5. The Bertz CT molecular complexity index is 994. The summed E-state index contributed by atoms with van der Waals surface area (Å²) in [5.74, 6) is 0.361. The Hall–Kier alpha value is -2.32. The molecule has 0 atom stereocenters. The molecule has 0 spiro atoms. The molecular formula is C21H29N5O2Si. The molecule has 154 valence electrons. The second-order valence-electron chi connectivity index (χ2n) is 9.07. The molecule has 0 saturated heterocycles. The second kappa shape index (κ2) is 8.20. The highest BCUT2D eigenvalue weighted by Gasteiger charge is 2.21. The van der Waals surface area contributed by atoms with Crippen LogP contribution in [-0.4, -0.2) is 44.8 Å². The number of ether oxygens (including phenoxy) is 1. The summed E-state index contributed by atoms with van der Waals surface area (Å²) in [6.07, 6.45) is 10.6. The summed E-state index contributed by atoms with van der Waals surface area (Å²) in [6.45, 7) is 8.34. The molecule has 0 amide bonds. The lowest BCUT2D eigenvalue weighted by molar-refractivity contribution is -0.120. The number of fused-ring (bicyclic) bond motifs is 1. The van der Waals surface area contributed by atoms with Gasteiger partial charge >= 0.3 is 0 Å². The maximum absolute atomic E-state index is 11.5. The first-order valence-corrected chi connectivity index (χ1v) is 14.1. The molecule has 0 N–H and O–H groups in total. The predicted octanol–water partition coefficient (Wildman–Crippen LogP) is 4.29. The Balaban J connectivity index is 1.50. The highest BCUT2D eigenvalue weighted by molar-refractivity contribution is 6.76. The number of ketones is 1. The van der Waals surface area contributed by atoms with E-state index < -0.39 is 8.07 Å². The van der Waals surface area contributed by atoms with E-state index in [1.807, 2.05) is 33.9 Å². The summed E-state index contributed by atoms with van der Waals surface area (Å²) >= 11 is 0. The lowest BCUT2D eigenvalue weighted by atomic mass is 9.94. The molecule has 0 bridgehead atoms. The Labute approximate surface area is 172 Å². The quantitative estimate of drug-likeness (QED) is 0.428. The summed E-state index contributed by atoms with van der Waals surface area (Å²) in [6, 6.07) is 3.49. The molecule has 1 fully saturated rings. The first-order valence-electron chi connectivity index (χ1n) is 10.3. The van der Waals surface area contributed by atoms with Gasteiger partial charge in [0, 0.05) is 50.9 Å². The van der Waals surface area contributed by atoms with Crippen molar-refractivity contribution in [3.05, 3.63) is 31.0 Å². The van der Waals surface area contributed by atoms with Crippen molar-refractivity contribution in [2.75, 3.05) is 6.61 Å². The molecule has 3 aromatic rings. The van der Waals surface area contributed by atoms with Crippen LogP contribution >= 0.6 is 0 Å². The smallest absolute Gasteiger partial charge is 0.145 e. The molecule has 29 heavy (non-hydrogen) atoms. The second-order valence-corrected chi connectivity index (χ2v) is 14.7. The van der Waals surface area contributed by atoms with Gasteiger partial charge in [0.15, 0.2) is 0 Å². The van der Waals surface area contributed by atoms with E-state index in [1.165, 1.54) is 0 Å². The number of aromatic nitrogens is 5. The molecule has 1 aliphatic rings. The number of Topliss-reactive ketones (excluding diaryl/α,β-unsaturated/α-hetero) is 1. The normalized spacial score (nSPS) is 16.0. The molecule has 1 saturated carbocycles. The van der Waals surface area contributed by atoms with Gasteiger partial charge in [0.1, 0.15) is 24.5 Å². The fraction of sp³-hybridized carbons (Fsp3) is 0.524. The third-order valence-corrected chi connectivity index (χ3v) is 7.25. The van der Waals surface area contributed by atoms with Crippen LogP contribution in [0.1, 0.15) is 31.7 Å². The number of hydrogen-bond donors (Lipinski definition) is 0. The van der Waals surface area contributed by atoms with E-state index in [0.29, 0.717) is 31.4 Å². The average molecular weight is 412 g/mol. The van der Waals surface area contributed by atoms with Crippen molar-refractivity contribution < 1.29 is 9.53 Å². The van der Waals surface area contributed by atoms with Gasteiger partial charge in [-0.1, -0.05) is 19.6 Å². The first kappa shape index (κ1) is 20.0. The van der Waals surface area contributed by atoms with Crippen molar-refractivity contribution in [3.63, 3.8) is 0 Å². The van der Waals surface area contributed by atoms with Crippen LogP contribution in [0.2, 0.25) is 25.7 Å². The Kier molecular flexibility index (Phi) is 5.64. The lowest BCUT2D eigenvalue weighted by Gasteiger charge is -2.21. The van der Waals surface area contributed by atoms with Crippen molar-refractivity contribution in [3.8, 4) is 11.3 Å². The van der Waals surface area contributed by atoms with E-state index in [9.17, 15) is 4.79 Å². The molecule has 3 aromatic heterocycles. The van der Waals surface area contributed by atoms with Crippen LogP contribution < -0.4 is 0 Å². The van der Waals surface area contributed by atoms with E-state index >= 15 is 0 Å². The Morgan fingerprint density at radius 3 is 2.76 bits per heavy atom. The third-order valence-electron chi connectivity index (χ3n) is 5.54. The van der Waals surface area contributed by atoms with Crippen molar-refractivity contribution in [2.45, 2.75) is 64.1 Å². The van der Waals surface area contributed by atoms with Gasteiger partial charge in [-0.15, -0.1) is 0 Å². The van der Waals surface area contributed by atoms with E-state index in [4.69, 9.17) is 4.74 Å². The summed E-state index contributed by atoms with van der Waals surface area (Å²) in [5, 5.41) is 5.56. The maximum atomic E-state index is 11.5. The third kappa shape index (κ3) is 4.64. The average Bonchev–Trinajstić information content (AvgIpc) is 3.32. The summed E-state index contributed by atoms with van der Waals surface area (Å²) in [4.78, 5) is 20.5. The molecule has 8 heteroatoms. The number of carbonyl (C=O) groups is 1. The van der Waals surface area contributed by atoms with Gasteiger partial charge in [0.2, 0.25) is 0 Å². The van der Waals surface area contributed by atoms with Crippen LogP contribution in [0.3, 0.4) is 0 Å². The molecule has 0 aromatic carbocycles. The largest absolute Gasteiger partial charge is 0.361 e. The molecule has 0 radical (unpaired) electrons. The molecular weight excluding hydrogens is 382 g/mol. The van der Waals surface area contributed by atoms with Gasteiger partial charge in [0.25, 0.3) is 0 Å². The van der Waals surface area contributed by atoms with Crippen molar-refractivity contribution >= 4 is 24.9 Å². The van der Waals surface area contributed by atoms with E-state index in [0.717, 1.165) is 47.8 Å². The fourth-order valence-corrected chi connectivity index (χ4v) is 4.48. The van der Waals surface area contributed by atoms with Crippen molar-refractivity contribution in [2.24, 2.45) is 0 Å². The molecule has 1 aliphatic carbocycles. The molecule has 3 heterocycles. The highest BCUT2D eigenvalue weighted by Crippen LogP contribution is 2.30. The summed E-state index contributed by atoms with van der Waals surface area (Å²) in [5.41, 5.74) is 2.74. The number of nitrogens with zero attached hydrogens (tertiary/aromatic N) is 5. The predicted molar refractivity (Wildman–Crippen MR) is 115 cm³/mol. The molecule has 0 unspecified atom stereocenters. The Morgan fingerprint density at radius 1 is 1.21 bits per heavy atom. The fourth-order valence-electron chi connectivity index (χ4n) is 3.73. The van der Waals surface area contributed by atoms with Crippen LogP contribution in [0.4, 0.5) is 0 Å². The van der Waals surface area contributed by atoms with Crippen molar-refractivity contribution in [1.82, 2.24) is 24.3 Å². The molecule has 0 aliphatic heterocycles. The summed E-state index contributed by atoms with van der Waals surface area (Å²) < 4.78 is 9.92. The van der Waals surface area contributed by atoms with Gasteiger partial charge in [-0.05, 0) is 25.0 Å². The van der Waals surface area contributed by atoms with Gasteiger partial charge in [0.05, 0.1) is 17.9 Å². The molecule has 7 nitrogen and oxygen atoms in total. The van der Waals surface area contributed by atoms with Gasteiger partial charge < -0.3 is 9.30 Å². The van der Waals surface area contributed by atoms with E-state index in [-0.39, 0.29) is 0 Å². The minimum absolute atomic E-state index is 0.295. The van der Waals surface area contributed by atoms with E-state index in [2.05, 4.69) is 34.7 Å². The minimum Gasteiger partial charge on any atom is -0.361 e. The topological polar surface area (TPSA) is 74.8 Å². The first-order chi connectivity index (χ1) is 13.9. The summed E-state index contributed by atoms with van der Waals surface area (Å²) in [7, 11) is -1.09. The lowest BCUT2D eigenvalue weighted by Crippen LogP contribution is -2.22. The van der Waals surface area contributed by atoms with Crippen LogP contribution in [0.15, 0.2) is 31.0 Å². The van der Waals surface area contributed by atoms with Crippen LogP contribution in [0.25, 0.3) is 22.3 Å². The van der Waals surface area contributed by atoms with Crippen LogP contribution in [-0.2, 0) is 16.3 Å². The Morgan fingerprint density at radius 2 is 2.00 bits per heavy atom. The van der Waals surface area contributed by atoms with Gasteiger partial charge in [-0.3, -0.25) is 9.48 Å². The van der Waals surface area contributed by atoms with Gasteiger partial charge in [-0.2, -0.15) is 5.10 Å². The van der Waals surface area contributed by atoms with Gasteiger partial charge in [-0.25, -0.2) is 9.97 Å². The number of hydrogen-bond acceptors (Lipinski definition) is 5. The van der Waals surface area contributed by atoms with Crippen LogP contribution in [0, 0.1) is 0 Å². The molecule has 4 rings (SSSR count). The standard InChI is InChI=1S/C21H29N5O2Si/c1-29(2,3)11-10-28-15-25-9-8-19-20(22-14-23-21(19)25)16-12-24-26(13-16)17-4-6-18(27)7-5-17/h8-9,12-14,17H,4-7,10-11,15H2,1-3H3. The van der Waals surface area contributed by atoms with Crippen LogP contribution in [0.5, 0.6) is 0 Å². The monoisotopic (exact) mass is 411 g/mol. The highest BCUT2D eigenvalue weighted by atomic mass is 28.3. The maximum Gasteiger partial charge on any atom is 0.145 e. The number of carbonyl (C=O) groups excluding carboxylic acids is 1. The zero-order valence-corrected chi connectivity index (χ0v) is 18.5. The number of rotatable bonds is 7. The van der Waals surface area contributed by atoms with Crippen molar-refractivity contribution in [1.29, 1.82) is 0 Å². The SMILES string of the molecule is C[Si](C)(C)CCOCn1ccc2c(-c3cnn(C4CCC(=O)CC4)c3)ncnc21. The zero-order chi connectivity index (χ0) is 20.4. The van der Waals surface area contributed by atoms with E-state index in [1.54, 1.807) is 6.33 Å². The minimum atomic E-state index is -1.09.